The minimum atomic E-state index is -0.826. The van der Waals surface area contributed by atoms with Crippen molar-refractivity contribution in [2.75, 3.05) is 0 Å². The number of carbonyl (C=O) groups is 1. The number of hydrogen-bond acceptors (Lipinski definition) is 1. The monoisotopic (exact) mass is 199 g/mol. The van der Waals surface area contributed by atoms with E-state index in [4.69, 9.17) is 17.1 Å². The van der Waals surface area contributed by atoms with Crippen LogP contribution in [0.25, 0.3) is 10.4 Å². The number of azide groups is 1. The average molecular weight is 200 g/mol. The second-order valence-electron chi connectivity index (χ2n) is 2.12. The average Bonchev–Trinajstić information content (AvgIpc) is 2.04. The van der Waals surface area contributed by atoms with Gasteiger partial charge in [0.15, 0.2) is 0 Å². The molecular formula is C7H3ClFN3O. The van der Waals surface area contributed by atoms with Crippen molar-refractivity contribution in [2.45, 2.75) is 0 Å². The van der Waals surface area contributed by atoms with Crippen LogP contribution in [0.5, 0.6) is 0 Å². The Morgan fingerprint density at radius 1 is 1.62 bits per heavy atom. The van der Waals surface area contributed by atoms with E-state index in [1.807, 2.05) is 0 Å². The number of nitrogens with zero attached hydrogens (tertiary/aromatic N) is 3. The molecule has 1 aromatic rings. The molecule has 0 bridgehead atoms. The van der Waals surface area contributed by atoms with Crippen molar-refractivity contribution in [1.29, 1.82) is 0 Å². The minimum Gasteiger partial charge on any atom is -0.287 e. The Kier molecular flexibility index (Phi) is 2.84. The molecule has 66 valence electrons. The summed E-state index contributed by atoms with van der Waals surface area (Å²) in [5, 5.41) is 2.75. The van der Waals surface area contributed by atoms with Crippen LogP contribution in [-0.4, -0.2) is 5.91 Å². The molecule has 0 saturated heterocycles. The van der Waals surface area contributed by atoms with Crippen molar-refractivity contribution in [2.24, 2.45) is 5.11 Å². The highest BCUT2D eigenvalue weighted by Crippen LogP contribution is 2.17. The zero-order valence-corrected chi connectivity index (χ0v) is 6.99. The van der Waals surface area contributed by atoms with Gasteiger partial charge in [-0.1, -0.05) is 11.6 Å². The maximum absolute atomic E-state index is 12.5. The fourth-order valence-corrected chi connectivity index (χ4v) is 1.01. The van der Waals surface area contributed by atoms with Crippen LogP contribution in [0.3, 0.4) is 0 Å². The van der Waals surface area contributed by atoms with Gasteiger partial charge >= 0.3 is 0 Å². The Morgan fingerprint density at radius 3 is 2.85 bits per heavy atom. The van der Waals surface area contributed by atoms with Crippen LogP contribution in [-0.2, 0) is 0 Å². The third-order valence-corrected chi connectivity index (χ3v) is 1.61. The predicted molar refractivity (Wildman–Crippen MR) is 44.9 cm³/mol. The van der Waals surface area contributed by atoms with Gasteiger partial charge < -0.3 is 0 Å². The highest BCUT2D eigenvalue weighted by Gasteiger charge is 2.08. The molecule has 1 rings (SSSR count). The molecule has 0 aliphatic rings. The molecule has 0 unspecified atom stereocenters. The highest BCUT2D eigenvalue weighted by molar-refractivity contribution is 6.33. The zero-order chi connectivity index (χ0) is 9.84. The molecule has 0 aliphatic heterocycles. The van der Waals surface area contributed by atoms with Crippen LogP contribution < -0.4 is 0 Å². The van der Waals surface area contributed by atoms with Crippen molar-refractivity contribution in [3.05, 3.63) is 45.0 Å². The molecule has 0 saturated carbocycles. The van der Waals surface area contributed by atoms with Crippen molar-refractivity contribution >= 4 is 17.5 Å². The molecule has 4 nitrogen and oxygen atoms in total. The summed E-state index contributed by atoms with van der Waals surface area (Å²) in [6, 6.07) is 3.20. The molecule has 0 spiro atoms. The number of rotatable bonds is 1. The number of benzene rings is 1. The summed E-state index contributed by atoms with van der Waals surface area (Å²) in [4.78, 5) is 13.2. The van der Waals surface area contributed by atoms with Gasteiger partial charge in [0.2, 0.25) is 0 Å². The third kappa shape index (κ3) is 2.18. The maximum Gasteiger partial charge on any atom is 0.250 e. The highest BCUT2D eigenvalue weighted by atomic mass is 35.5. The Balaban J connectivity index is 3.16. The summed E-state index contributed by atoms with van der Waals surface area (Å²) in [6.07, 6.45) is 0. The molecule has 0 radical (unpaired) electrons. The summed E-state index contributed by atoms with van der Waals surface area (Å²) < 4.78 is 12.5. The lowest BCUT2D eigenvalue weighted by atomic mass is 10.2. The van der Waals surface area contributed by atoms with Gasteiger partial charge in [0.25, 0.3) is 5.91 Å². The van der Waals surface area contributed by atoms with E-state index >= 15 is 0 Å². The first-order valence-corrected chi connectivity index (χ1v) is 3.57. The molecular weight excluding hydrogens is 197 g/mol. The maximum atomic E-state index is 12.5. The molecule has 1 aromatic carbocycles. The van der Waals surface area contributed by atoms with Crippen LogP contribution >= 0.6 is 11.6 Å². The first kappa shape index (κ1) is 9.51. The molecule has 1 amide bonds. The molecule has 0 aliphatic carbocycles. The van der Waals surface area contributed by atoms with Gasteiger partial charge in [-0.15, -0.1) is 0 Å². The number of halogens is 2. The standard InChI is InChI=1S/C7H3ClFN3O/c8-6-3-4(9)1-2-5(6)7(13)11-12-10/h1-3H. The van der Waals surface area contributed by atoms with Crippen molar-refractivity contribution < 1.29 is 9.18 Å². The molecule has 0 fully saturated rings. The molecule has 0 atom stereocenters. The molecule has 0 N–H and O–H groups in total. The van der Waals surface area contributed by atoms with Crippen molar-refractivity contribution in [3.8, 4) is 0 Å². The fraction of sp³-hybridized carbons (Fsp3) is 0. The van der Waals surface area contributed by atoms with Crippen LogP contribution in [0.1, 0.15) is 10.4 Å². The lowest BCUT2D eigenvalue weighted by molar-refractivity contribution is 0.100. The van der Waals surface area contributed by atoms with Gasteiger partial charge in [0.05, 0.1) is 5.02 Å². The SMILES string of the molecule is [N-]=[N+]=NC(=O)c1ccc(F)cc1Cl. The van der Waals surface area contributed by atoms with Crippen molar-refractivity contribution in [1.82, 2.24) is 0 Å². The van der Waals surface area contributed by atoms with E-state index in [-0.39, 0.29) is 10.6 Å². The quantitative estimate of drug-likeness (QED) is 0.390. The summed E-state index contributed by atoms with van der Waals surface area (Å²) in [6.45, 7) is 0. The Hall–Kier alpha value is -1.58. The van der Waals surface area contributed by atoms with E-state index < -0.39 is 11.7 Å². The zero-order valence-electron chi connectivity index (χ0n) is 6.24. The first-order chi connectivity index (χ1) is 6.15. The van der Waals surface area contributed by atoms with Crippen molar-refractivity contribution in [3.63, 3.8) is 0 Å². The fourth-order valence-electron chi connectivity index (χ4n) is 0.757. The van der Waals surface area contributed by atoms with E-state index in [2.05, 4.69) is 10.0 Å². The molecule has 0 aromatic heterocycles. The molecule has 6 heteroatoms. The van der Waals surface area contributed by atoms with Crippen LogP contribution in [0.15, 0.2) is 23.3 Å². The van der Waals surface area contributed by atoms with Crippen LogP contribution in [0.2, 0.25) is 5.02 Å². The summed E-state index contributed by atoms with van der Waals surface area (Å²) >= 11 is 5.52. The summed E-state index contributed by atoms with van der Waals surface area (Å²) in [5.41, 5.74) is 7.95. The summed E-state index contributed by atoms with van der Waals surface area (Å²) in [7, 11) is 0. The topological polar surface area (TPSA) is 65.8 Å². The lowest BCUT2D eigenvalue weighted by Gasteiger charge is -1.97. The Labute approximate surface area is 77.6 Å². The number of carbonyl (C=O) groups excluding carboxylic acids is 1. The normalized spacial score (nSPS) is 9.08. The Bertz CT molecular complexity index is 401. The van der Waals surface area contributed by atoms with Gasteiger partial charge in [-0.25, -0.2) is 4.39 Å². The Morgan fingerprint density at radius 2 is 2.31 bits per heavy atom. The smallest absolute Gasteiger partial charge is 0.250 e. The van der Waals surface area contributed by atoms with Crippen LogP contribution in [0, 0.1) is 5.82 Å². The first-order valence-electron chi connectivity index (χ1n) is 3.19. The van der Waals surface area contributed by atoms with Gasteiger partial charge in [0.1, 0.15) is 5.82 Å². The van der Waals surface area contributed by atoms with E-state index in [1.54, 1.807) is 0 Å². The van der Waals surface area contributed by atoms with E-state index in [1.165, 1.54) is 0 Å². The van der Waals surface area contributed by atoms with E-state index in [0.29, 0.717) is 0 Å². The minimum absolute atomic E-state index is 0.0131. The van der Waals surface area contributed by atoms with Gasteiger partial charge in [0, 0.05) is 10.5 Å². The van der Waals surface area contributed by atoms with E-state index in [0.717, 1.165) is 18.2 Å². The second-order valence-corrected chi connectivity index (χ2v) is 2.53. The van der Waals surface area contributed by atoms with Crippen LogP contribution in [0.4, 0.5) is 4.39 Å². The van der Waals surface area contributed by atoms with Gasteiger partial charge in [-0.2, -0.15) is 0 Å². The largest absolute Gasteiger partial charge is 0.287 e. The van der Waals surface area contributed by atoms with Gasteiger partial charge in [-0.3, -0.25) is 4.79 Å². The third-order valence-electron chi connectivity index (χ3n) is 1.30. The molecule has 13 heavy (non-hydrogen) atoms. The van der Waals surface area contributed by atoms with Gasteiger partial charge in [-0.05, 0) is 28.8 Å². The number of hydrogen-bond donors (Lipinski definition) is 0. The molecule has 0 heterocycles. The second kappa shape index (κ2) is 3.89. The summed E-state index contributed by atoms with van der Waals surface area (Å²) in [5.74, 6) is -1.38. The predicted octanol–water partition coefficient (Wildman–Crippen LogP) is 2.93. The number of amides is 1. The lowest BCUT2D eigenvalue weighted by Crippen LogP contribution is -1.94. The van der Waals surface area contributed by atoms with E-state index in [9.17, 15) is 9.18 Å².